The van der Waals surface area contributed by atoms with Gasteiger partial charge >= 0.3 is 0 Å². The van der Waals surface area contributed by atoms with Gasteiger partial charge in [0.05, 0.1) is 12.8 Å². The number of methoxy groups -OCH3 is 1. The minimum Gasteiger partial charge on any atom is -0.496 e. The molecular formula is C22H24N2O. The number of rotatable bonds is 6. The smallest absolute Gasteiger partial charge is 0.128 e. The molecule has 0 atom stereocenters. The predicted octanol–water partition coefficient (Wildman–Crippen LogP) is 5.45. The Bertz CT molecular complexity index is 865. The van der Waals surface area contributed by atoms with Crippen LogP contribution in [0.2, 0.25) is 0 Å². The fourth-order valence-corrected chi connectivity index (χ4v) is 3.06. The van der Waals surface area contributed by atoms with E-state index in [-0.39, 0.29) is 0 Å². The zero-order chi connectivity index (χ0) is 17.6. The monoisotopic (exact) mass is 332 g/mol. The van der Waals surface area contributed by atoms with Crippen LogP contribution in [0.4, 0.5) is 11.4 Å². The van der Waals surface area contributed by atoms with Gasteiger partial charge in [0.15, 0.2) is 0 Å². The van der Waals surface area contributed by atoms with E-state index in [1.807, 2.05) is 24.4 Å². The first-order chi connectivity index (χ1) is 12.3. The second kappa shape index (κ2) is 7.84. The molecule has 128 valence electrons. The summed E-state index contributed by atoms with van der Waals surface area (Å²) in [7, 11) is 1.69. The van der Waals surface area contributed by atoms with Crippen molar-refractivity contribution >= 4 is 28.4 Å². The molecule has 0 fully saturated rings. The molecule has 3 rings (SSSR count). The molecule has 0 N–H and O–H groups in total. The van der Waals surface area contributed by atoms with Crippen molar-refractivity contribution in [1.82, 2.24) is 0 Å². The molecule has 3 heteroatoms. The van der Waals surface area contributed by atoms with E-state index < -0.39 is 0 Å². The number of hydrogen-bond acceptors (Lipinski definition) is 3. The minimum atomic E-state index is 0.835. The largest absolute Gasteiger partial charge is 0.496 e. The molecular weight excluding hydrogens is 308 g/mol. The highest BCUT2D eigenvalue weighted by molar-refractivity contribution is 6.03. The molecule has 0 aliphatic heterocycles. The fraction of sp³-hybridized carbons (Fsp3) is 0.227. The molecule has 25 heavy (non-hydrogen) atoms. The van der Waals surface area contributed by atoms with Crippen molar-refractivity contribution in [3.63, 3.8) is 0 Å². The number of nitrogens with zero attached hydrogens (tertiary/aromatic N) is 2. The standard InChI is InChI=1S/C22H24N2O/c1-4-24(5-2)19-13-11-18(12-14-19)23-16-21-20-9-7-6-8-17(20)10-15-22(21)25-3/h6-16H,4-5H2,1-3H3. The van der Waals surface area contributed by atoms with Crippen molar-refractivity contribution in [1.29, 1.82) is 0 Å². The summed E-state index contributed by atoms with van der Waals surface area (Å²) in [4.78, 5) is 6.98. The zero-order valence-corrected chi connectivity index (χ0v) is 15.1. The van der Waals surface area contributed by atoms with Crippen molar-refractivity contribution in [3.8, 4) is 5.75 Å². The molecule has 0 spiro atoms. The maximum Gasteiger partial charge on any atom is 0.128 e. The molecule has 0 unspecified atom stereocenters. The summed E-state index contributed by atoms with van der Waals surface area (Å²) in [6, 6.07) is 20.7. The van der Waals surface area contributed by atoms with E-state index in [0.29, 0.717) is 0 Å². The number of benzene rings is 3. The predicted molar refractivity (Wildman–Crippen MR) is 108 cm³/mol. The van der Waals surface area contributed by atoms with Gasteiger partial charge in [-0.05, 0) is 55.0 Å². The molecule has 0 aliphatic rings. The lowest BCUT2D eigenvalue weighted by atomic mass is 10.0. The number of fused-ring (bicyclic) bond motifs is 1. The highest BCUT2D eigenvalue weighted by Crippen LogP contribution is 2.27. The summed E-state index contributed by atoms with van der Waals surface area (Å²) in [6.07, 6.45) is 1.90. The Hall–Kier alpha value is -2.81. The van der Waals surface area contributed by atoms with Crippen molar-refractivity contribution in [2.45, 2.75) is 13.8 Å². The highest BCUT2D eigenvalue weighted by atomic mass is 16.5. The molecule has 0 bridgehead atoms. The molecule has 3 aromatic rings. The summed E-state index contributed by atoms with van der Waals surface area (Å²) in [6.45, 7) is 6.35. The zero-order valence-electron chi connectivity index (χ0n) is 15.1. The van der Waals surface area contributed by atoms with E-state index in [4.69, 9.17) is 4.74 Å². The summed E-state index contributed by atoms with van der Waals surface area (Å²) in [5.41, 5.74) is 3.17. The molecule has 0 radical (unpaired) electrons. The molecule has 3 nitrogen and oxygen atoms in total. The fourth-order valence-electron chi connectivity index (χ4n) is 3.06. The van der Waals surface area contributed by atoms with Crippen LogP contribution < -0.4 is 9.64 Å². The SMILES string of the molecule is CCN(CC)c1ccc(N=Cc2c(OC)ccc3ccccc23)cc1. The summed E-state index contributed by atoms with van der Waals surface area (Å²) in [5, 5.41) is 2.33. The average Bonchev–Trinajstić information content (AvgIpc) is 2.68. The second-order valence-electron chi connectivity index (χ2n) is 5.85. The van der Waals surface area contributed by atoms with E-state index in [2.05, 4.69) is 66.2 Å². The Balaban J connectivity index is 1.93. The molecule has 0 heterocycles. The van der Waals surface area contributed by atoms with Crippen LogP contribution in [-0.4, -0.2) is 26.4 Å². The van der Waals surface area contributed by atoms with Gasteiger partial charge in [-0.3, -0.25) is 4.99 Å². The minimum absolute atomic E-state index is 0.835. The third-order valence-electron chi connectivity index (χ3n) is 4.47. The summed E-state index contributed by atoms with van der Waals surface area (Å²) < 4.78 is 5.52. The van der Waals surface area contributed by atoms with Gasteiger partial charge in [-0.15, -0.1) is 0 Å². The van der Waals surface area contributed by atoms with Crippen molar-refractivity contribution in [2.75, 3.05) is 25.1 Å². The Kier molecular flexibility index (Phi) is 5.34. The first-order valence-electron chi connectivity index (χ1n) is 8.71. The first kappa shape index (κ1) is 17.0. The quantitative estimate of drug-likeness (QED) is 0.561. The number of ether oxygens (including phenoxy) is 1. The maximum absolute atomic E-state index is 5.52. The van der Waals surface area contributed by atoms with E-state index in [0.717, 1.165) is 35.5 Å². The second-order valence-corrected chi connectivity index (χ2v) is 5.85. The Morgan fingerprint density at radius 1 is 0.920 bits per heavy atom. The van der Waals surface area contributed by atoms with Gasteiger partial charge in [-0.1, -0.05) is 30.3 Å². The molecule has 0 amide bonds. The molecule has 3 aromatic carbocycles. The van der Waals surface area contributed by atoms with Crippen molar-refractivity contribution in [3.05, 3.63) is 66.2 Å². The van der Waals surface area contributed by atoms with Gasteiger partial charge in [0.2, 0.25) is 0 Å². The van der Waals surface area contributed by atoms with Crippen LogP contribution >= 0.6 is 0 Å². The molecule has 0 saturated carbocycles. The number of hydrogen-bond donors (Lipinski definition) is 0. The topological polar surface area (TPSA) is 24.8 Å². The average molecular weight is 332 g/mol. The van der Waals surface area contributed by atoms with Crippen LogP contribution in [0.1, 0.15) is 19.4 Å². The molecule has 0 aromatic heterocycles. The van der Waals surface area contributed by atoms with Crippen LogP contribution in [0, 0.1) is 0 Å². The Labute approximate surface area is 149 Å². The number of aliphatic imine (C=N–C) groups is 1. The van der Waals surface area contributed by atoms with Crippen LogP contribution in [-0.2, 0) is 0 Å². The van der Waals surface area contributed by atoms with E-state index in [1.54, 1.807) is 7.11 Å². The maximum atomic E-state index is 5.52. The van der Waals surface area contributed by atoms with E-state index in [1.165, 1.54) is 11.1 Å². The number of anilines is 1. The van der Waals surface area contributed by atoms with Crippen LogP contribution in [0.5, 0.6) is 5.75 Å². The third-order valence-corrected chi connectivity index (χ3v) is 4.47. The van der Waals surface area contributed by atoms with Crippen LogP contribution in [0.15, 0.2) is 65.7 Å². The Morgan fingerprint density at radius 2 is 1.64 bits per heavy atom. The summed E-state index contributed by atoms with van der Waals surface area (Å²) in [5.74, 6) is 0.835. The van der Waals surface area contributed by atoms with Crippen LogP contribution in [0.3, 0.4) is 0 Å². The van der Waals surface area contributed by atoms with E-state index >= 15 is 0 Å². The summed E-state index contributed by atoms with van der Waals surface area (Å²) >= 11 is 0. The molecule has 0 saturated heterocycles. The van der Waals surface area contributed by atoms with E-state index in [9.17, 15) is 0 Å². The third kappa shape index (κ3) is 3.66. The lowest BCUT2D eigenvalue weighted by Crippen LogP contribution is -2.21. The van der Waals surface area contributed by atoms with Gasteiger partial charge < -0.3 is 9.64 Å². The van der Waals surface area contributed by atoms with Gasteiger partial charge in [0, 0.05) is 30.6 Å². The van der Waals surface area contributed by atoms with Gasteiger partial charge in [-0.2, -0.15) is 0 Å². The van der Waals surface area contributed by atoms with Crippen LogP contribution in [0.25, 0.3) is 10.8 Å². The lowest BCUT2D eigenvalue weighted by molar-refractivity contribution is 0.415. The van der Waals surface area contributed by atoms with Gasteiger partial charge in [0.25, 0.3) is 0 Å². The first-order valence-corrected chi connectivity index (χ1v) is 8.71. The van der Waals surface area contributed by atoms with Gasteiger partial charge in [0.1, 0.15) is 5.75 Å². The van der Waals surface area contributed by atoms with Crippen molar-refractivity contribution in [2.24, 2.45) is 4.99 Å². The van der Waals surface area contributed by atoms with Gasteiger partial charge in [-0.25, -0.2) is 0 Å². The highest BCUT2D eigenvalue weighted by Gasteiger charge is 2.06. The van der Waals surface area contributed by atoms with Crippen molar-refractivity contribution < 1.29 is 4.74 Å². The normalized spacial score (nSPS) is 11.2. The Morgan fingerprint density at radius 3 is 2.32 bits per heavy atom. The lowest BCUT2D eigenvalue weighted by Gasteiger charge is -2.20. The molecule has 0 aliphatic carbocycles.